The van der Waals surface area contributed by atoms with Crippen LogP contribution in [0.25, 0.3) is 0 Å². The zero-order valence-corrected chi connectivity index (χ0v) is 20.4. The lowest BCUT2D eigenvalue weighted by atomic mass is 9.74. The Hall–Kier alpha value is -1.80. The van der Waals surface area contributed by atoms with Crippen molar-refractivity contribution < 1.29 is 24.2 Å². The largest absolute Gasteiger partial charge is 0.465 e. The van der Waals surface area contributed by atoms with Gasteiger partial charge in [0.15, 0.2) is 0 Å². The Bertz CT molecular complexity index is 876. The van der Waals surface area contributed by atoms with Gasteiger partial charge in [-0.1, -0.05) is 31.2 Å². The minimum Gasteiger partial charge on any atom is -0.465 e. The first kappa shape index (κ1) is 23.4. The number of aliphatic hydroxyl groups excluding tert-OH is 1. The second-order valence-electron chi connectivity index (χ2n) is 10.4. The van der Waals surface area contributed by atoms with Gasteiger partial charge >= 0.3 is 5.97 Å². The van der Waals surface area contributed by atoms with Crippen LogP contribution in [0.4, 0.5) is 0 Å². The van der Waals surface area contributed by atoms with Gasteiger partial charge in [-0.05, 0) is 40.5 Å². The van der Waals surface area contributed by atoms with Gasteiger partial charge in [0.1, 0.15) is 6.04 Å². The standard InChI is InChI=1S/C24H34N2O5S/c1-6-15(14-27)26-18-20(29)25(22(2,3)4)12-9-11-24(18)16(19(26)28)17-21(30)31-13-8-7-10-23(17,5)32-24/h7,9-11,15-18,27H,6,8,12-14H2,1-5H3/t15-,16-,17-,18?,23+,24-/m0/s1. The number of carbonyl (C=O) groups is 3. The fraction of sp³-hybridized carbons (Fsp3) is 0.708. The number of amides is 2. The van der Waals surface area contributed by atoms with E-state index in [0.717, 1.165) is 0 Å². The number of rotatable bonds is 3. The Morgan fingerprint density at radius 2 is 1.91 bits per heavy atom. The summed E-state index contributed by atoms with van der Waals surface area (Å²) in [7, 11) is 0. The highest BCUT2D eigenvalue weighted by molar-refractivity contribution is 8.02. The molecule has 7 nitrogen and oxygen atoms in total. The molecule has 0 aromatic rings. The van der Waals surface area contributed by atoms with Crippen LogP contribution in [-0.2, 0) is 19.1 Å². The third kappa shape index (κ3) is 3.24. The van der Waals surface area contributed by atoms with Crippen molar-refractivity contribution in [3.05, 3.63) is 24.3 Å². The molecule has 0 radical (unpaired) electrons. The summed E-state index contributed by atoms with van der Waals surface area (Å²) in [5.41, 5.74) is -0.436. The molecule has 0 aromatic carbocycles. The Kier molecular flexibility index (Phi) is 5.77. The van der Waals surface area contributed by atoms with E-state index in [1.165, 1.54) is 11.8 Å². The van der Waals surface area contributed by atoms with Gasteiger partial charge in [0.25, 0.3) is 0 Å². The highest BCUT2D eigenvalue weighted by Crippen LogP contribution is 2.65. The number of cyclic esters (lactones) is 1. The molecule has 4 heterocycles. The van der Waals surface area contributed by atoms with E-state index in [0.29, 0.717) is 19.4 Å². The molecule has 8 heteroatoms. The average Bonchev–Trinajstić information content (AvgIpc) is 3.02. The van der Waals surface area contributed by atoms with Crippen LogP contribution in [-0.4, -0.2) is 79.6 Å². The van der Waals surface area contributed by atoms with Crippen molar-refractivity contribution in [1.29, 1.82) is 0 Å². The summed E-state index contributed by atoms with van der Waals surface area (Å²) in [6.45, 7) is 10.3. The Morgan fingerprint density at radius 3 is 2.53 bits per heavy atom. The summed E-state index contributed by atoms with van der Waals surface area (Å²) in [4.78, 5) is 44.7. The molecule has 2 saturated heterocycles. The van der Waals surface area contributed by atoms with Gasteiger partial charge in [-0.25, -0.2) is 0 Å². The molecule has 0 bridgehead atoms. The molecule has 2 fully saturated rings. The minimum atomic E-state index is -0.899. The summed E-state index contributed by atoms with van der Waals surface area (Å²) < 4.78 is 3.97. The molecule has 1 spiro atoms. The topological polar surface area (TPSA) is 87.2 Å². The first-order valence-corrected chi connectivity index (χ1v) is 12.3. The number of hydrogen-bond donors (Lipinski definition) is 1. The highest BCUT2D eigenvalue weighted by atomic mass is 32.2. The van der Waals surface area contributed by atoms with Gasteiger partial charge in [0.2, 0.25) is 11.8 Å². The molecule has 32 heavy (non-hydrogen) atoms. The number of thioether (sulfide) groups is 1. The molecule has 4 aliphatic heterocycles. The Morgan fingerprint density at radius 1 is 1.19 bits per heavy atom. The normalized spacial score (nSPS) is 37.9. The summed E-state index contributed by atoms with van der Waals surface area (Å²) in [6.07, 6.45) is 9.15. The first-order valence-electron chi connectivity index (χ1n) is 11.5. The monoisotopic (exact) mass is 462 g/mol. The zero-order valence-electron chi connectivity index (χ0n) is 19.5. The van der Waals surface area contributed by atoms with Crippen LogP contribution >= 0.6 is 11.8 Å². The molecular formula is C24H34N2O5S. The Labute approximate surface area is 194 Å². The zero-order chi connectivity index (χ0) is 23.5. The lowest BCUT2D eigenvalue weighted by Gasteiger charge is -2.42. The molecule has 0 aliphatic carbocycles. The Balaban J connectivity index is 1.93. The maximum atomic E-state index is 14.1. The van der Waals surface area contributed by atoms with Crippen molar-refractivity contribution in [2.24, 2.45) is 11.8 Å². The van der Waals surface area contributed by atoms with Crippen LogP contribution in [0.5, 0.6) is 0 Å². The van der Waals surface area contributed by atoms with Gasteiger partial charge in [0.05, 0.1) is 35.8 Å². The van der Waals surface area contributed by atoms with Crippen LogP contribution in [0.2, 0.25) is 0 Å². The number of carbonyl (C=O) groups excluding carboxylic acids is 3. The van der Waals surface area contributed by atoms with Crippen molar-refractivity contribution in [3.63, 3.8) is 0 Å². The van der Waals surface area contributed by atoms with Gasteiger partial charge in [0, 0.05) is 16.8 Å². The van der Waals surface area contributed by atoms with Crippen LogP contribution in [0, 0.1) is 11.8 Å². The van der Waals surface area contributed by atoms with Crippen LogP contribution in [0.3, 0.4) is 0 Å². The molecule has 0 saturated carbocycles. The fourth-order valence-corrected chi connectivity index (χ4v) is 7.98. The molecule has 4 aliphatic rings. The van der Waals surface area contributed by atoms with Crippen LogP contribution in [0.15, 0.2) is 24.3 Å². The third-order valence-electron chi connectivity index (χ3n) is 7.34. The lowest BCUT2D eigenvalue weighted by Crippen LogP contribution is -2.59. The maximum absolute atomic E-state index is 14.1. The van der Waals surface area contributed by atoms with Crippen molar-refractivity contribution in [2.45, 2.75) is 74.6 Å². The SMILES string of the molecule is CC[C@@H](CO)N1C(=O)[C@@H]2[C@H]3C(=O)OCCC=C[C@@]3(C)S[C@@]23C=CCN(C(C)(C)C)C(=O)C13. The number of hydrogen-bond acceptors (Lipinski definition) is 6. The summed E-state index contributed by atoms with van der Waals surface area (Å²) in [5.74, 6) is -2.17. The first-order chi connectivity index (χ1) is 15.0. The van der Waals surface area contributed by atoms with E-state index in [9.17, 15) is 19.5 Å². The fourth-order valence-electron chi connectivity index (χ4n) is 5.84. The van der Waals surface area contributed by atoms with E-state index in [1.54, 1.807) is 9.80 Å². The molecular weight excluding hydrogens is 428 g/mol. The smallest absolute Gasteiger partial charge is 0.311 e. The lowest BCUT2D eigenvalue weighted by molar-refractivity contribution is -0.155. The van der Waals surface area contributed by atoms with Crippen molar-refractivity contribution in [1.82, 2.24) is 9.80 Å². The molecule has 2 amide bonds. The molecule has 4 rings (SSSR count). The summed E-state index contributed by atoms with van der Waals surface area (Å²) >= 11 is 1.53. The number of likely N-dealkylation sites (tertiary alicyclic amines) is 1. The molecule has 176 valence electrons. The second kappa shape index (κ2) is 7.90. The van der Waals surface area contributed by atoms with Gasteiger partial charge in [-0.15, -0.1) is 11.8 Å². The minimum absolute atomic E-state index is 0.132. The molecule has 0 aromatic heterocycles. The van der Waals surface area contributed by atoms with Crippen molar-refractivity contribution >= 4 is 29.5 Å². The van der Waals surface area contributed by atoms with Crippen LogP contribution < -0.4 is 0 Å². The van der Waals surface area contributed by atoms with E-state index < -0.39 is 39.0 Å². The van der Waals surface area contributed by atoms with Gasteiger partial charge in [-0.3, -0.25) is 14.4 Å². The second-order valence-corrected chi connectivity index (χ2v) is 12.2. The number of nitrogens with zero attached hydrogens (tertiary/aromatic N) is 2. The van der Waals surface area contributed by atoms with E-state index >= 15 is 0 Å². The van der Waals surface area contributed by atoms with E-state index in [1.807, 2.05) is 58.9 Å². The average molecular weight is 463 g/mol. The number of fused-ring (bicyclic) bond motifs is 2. The number of aliphatic hydroxyl groups is 1. The van der Waals surface area contributed by atoms with Crippen molar-refractivity contribution in [3.8, 4) is 0 Å². The quantitative estimate of drug-likeness (QED) is 0.511. The van der Waals surface area contributed by atoms with E-state index in [-0.39, 0.29) is 31.0 Å². The van der Waals surface area contributed by atoms with Gasteiger partial charge < -0.3 is 19.6 Å². The highest BCUT2D eigenvalue weighted by Gasteiger charge is 2.74. The van der Waals surface area contributed by atoms with E-state index in [4.69, 9.17) is 4.74 Å². The molecule has 1 unspecified atom stereocenters. The van der Waals surface area contributed by atoms with Crippen molar-refractivity contribution in [2.75, 3.05) is 19.8 Å². The molecule has 1 N–H and O–H groups in total. The summed E-state index contributed by atoms with van der Waals surface area (Å²) in [6, 6.07) is -1.27. The predicted molar refractivity (Wildman–Crippen MR) is 123 cm³/mol. The summed E-state index contributed by atoms with van der Waals surface area (Å²) in [5, 5.41) is 10.1. The van der Waals surface area contributed by atoms with Crippen LogP contribution in [0.1, 0.15) is 47.5 Å². The number of esters is 1. The van der Waals surface area contributed by atoms with E-state index in [2.05, 4.69) is 0 Å². The van der Waals surface area contributed by atoms with Gasteiger partial charge in [-0.2, -0.15) is 0 Å². The maximum Gasteiger partial charge on any atom is 0.311 e. The third-order valence-corrected chi connectivity index (χ3v) is 9.14. The predicted octanol–water partition coefficient (Wildman–Crippen LogP) is 2.14. The number of ether oxygens (including phenoxy) is 1. The molecule has 6 atom stereocenters.